The van der Waals surface area contributed by atoms with Crippen molar-refractivity contribution in [1.82, 2.24) is 9.47 Å². The quantitative estimate of drug-likeness (QED) is 0.744. The Balaban J connectivity index is 2.89. The summed E-state index contributed by atoms with van der Waals surface area (Å²) in [6, 6.07) is 1.70. The summed E-state index contributed by atoms with van der Waals surface area (Å²) in [5.41, 5.74) is 6.94. The minimum absolute atomic E-state index is 0.0505. The van der Waals surface area contributed by atoms with E-state index in [1.165, 1.54) is 0 Å². The van der Waals surface area contributed by atoms with Crippen molar-refractivity contribution in [2.45, 2.75) is 13.5 Å². The van der Waals surface area contributed by atoms with Crippen molar-refractivity contribution in [3.63, 3.8) is 0 Å². The summed E-state index contributed by atoms with van der Waals surface area (Å²) in [7, 11) is 1.61. The zero-order valence-corrected chi connectivity index (χ0v) is 11.1. The fourth-order valence-electron chi connectivity index (χ4n) is 1.77. The molecule has 0 fully saturated rings. The average Bonchev–Trinajstić information content (AvgIpc) is 2.75. The lowest BCUT2D eigenvalue weighted by molar-refractivity contribution is 0.0708. The molecule has 0 bridgehead atoms. The highest BCUT2D eigenvalue weighted by Gasteiger charge is 2.18. The highest BCUT2D eigenvalue weighted by atomic mass is 16.5. The molecule has 0 atom stereocenters. The standard InChI is InChI=1S/C13H21N3O2/c1-4-6-16(7-8-18-3)13(17)12-9-11(14)10-15(12)5-2/h4,9-10H,1,5-8,14H2,2-3H3. The largest absolute Gasteiger partial charge is 0.397 e. The van der Waals surface area contributed by atoms with E-state index in [2.05, 4.69) is 6.58 Å². The molecule has 0 aliphatic carbocycles. The van der Waals surface area contributed by atoms with Crippen molar-refractivity contribution in [3.05, 3.63) is 30.6 Å². The van der Waals surface area contributed by atoms with E-state index < -0.39 is 0 Å². The van der Waals surface area contributed by atoms with Crippen molar-refractivity contribution in [1.29, 1.82) is 0 Å². The van der Waals surface area contributed by atoms with Crippen LogP contribution in [0.25, 0.3) is 0 Å². The summed E-state index contributed by atoms with van der Waals surface area (Å²) in [5, 5.41) is 0. The molecular weight excluding hydrogens is 230 g/mol. The molecule has 5 nitrogen and oxygen atoms in total. The molecular formula is C13H21N3O2. The van der Waals surface area contributed by atoms with Crippen molar-refractivity contribution >= 4 is 11.6 Å². The molecule has 1 aromatic rings. The lowest BCUT2D eigenvalue weighted by Gasteiger charge is -2.21. The van der Waals surface area contributed by atoms with Crippen molar-refractivity contribution in [3.8, 4) is 0 Å². The Morgan fingerprint density at radius 3 is 2.94 bits per heavy atom. The first-order valence-electron chi connectivity index (χ1n) is 5.98. The molecule has 0 spiro atoms. The van der Waals surface area contributed by atoms with Gasteiger partial charge in [-0.05, 0) is 13.0 Å². The maximum atomic E-state index is 12.4. The highest BCUT2D eigenvalue weighted by Crippen LogP contribution is 2.13. The van der Waals surface area contributed by atoms with Crippen LogP contribution in [0.4, 0.5) is 5.69 Å². The van der Waals surface area contributed by atoms with Crippen LogP contribution in [0.5, 0.6) is 0 Å². The Morgan fingerprint density at radius 1 is 1.67 bits per heavy atom. The summed E-state index contributed by atoms with van der Waals surface area (Å²) in [6.07, 6.45) is 3.48. The number of ether oxygens (including phenoxy) is 1. The second-order valence-electron chi connectivity index (χ2n) is 3.98. The molecule has 18 heavy (non-hydrogen) atoms. The Labute approximate surface area is 108 Å². The van der Waals surface area contributed by atoms with E-state index >= 15 is 0 Å². The first-order chi connectivity index (χ1) is 8.63. The molecule has 0 aliphatic heterocycles. The molecule has 0 aromatic carbocycles. The Bertz CT molecular complexity index is 412. The number of aromatic nitrogens is 1. The lowest BCUT2D eigenvalue weighted by Crippen LogP contribution is -2.35. The molecule has 0 unspecified atom stereocenters. The predicted molar refractivity (Wildman–Crippen MR) is 72.5 cm³/mol. The second-order valence-corrected chi connectivity index (χ2v) is 3.98. The van der Waals surface area contributed by atoms with Gasteiger partial charge in [-0.25, -0.2) is 0 Å². The number of nitrogens with zero attached hydrogens (tertiary/aromatic N) is 2. The van der Waals surface area contributed by atoms with E-state index in [1.807, 2.05) is 11.5 Å². The summed E-state index contributed by atoms with van der Waals surface area (Å²) in [5.74, 6) is -0.0505. The van der Waals surface area contributed by atoms with E-state index in [4.69, 9.17) is 10.5 Å². The van der Waals surface area contributed by atoms with E-state index in [1.54, 1.807) is 30.3 Å². The van der Waals surface area contributed by atoms with Crippen LogP contribution in [-0.2, 0) is 11.3 Å². The molecule has 0 radical (unpaired) electrons. The van der Waals surface area contributed by atoms with Gasteiger partial charge in [-0.3, -0.25) is 4.79 Å². The number of nitrogen functional groups attached to an aromatic ring is 1. The molecule has 0 saturated heterocycles. The van der Waals surface area contributed by atoms with Gasteiger partial charge in [0.2, 0.25) is 0 Å². The fraction of sp³-hybridized carbons (Fsp3) is 0.462. The number of hydrogen-bond donors (Lipinski definition) is 1. The number of carbonyl (C=O) groups is 1. The number of hydrogen-bond acceptors (Lipinski definition) is 3. The normalized spacial score (nSPS) is 10.3. The van der Waals surface area contributed by atoms with Crippen LogP contribution in [0.15, 0.2) is 24.9 Å². The Kier molecular flexibility index (Phi) is 5.45. The van der Waals surface area contributed by atoms with Crippen LogP contribution in [0.2, 0.25) is 0 Å². The van der Waals surface area contributed by atoms with Gasteiger partial charge in [0.1, 0.15) is 5.69 Å². The van der Waals surface area contributed by atoms with Crippen LogP contribution in [-0.4, -0.2) is 42.2 Å². The van der Waals surface area contributed by atoms with Gasteiger partial charge in [0.15, 0.2) is 0 Å². The van der Waals surface area contributed by atoms with E-state index in [9.17, 15) is 4.79 Å². The molecule has 2 N–H and O–H groups in total. The van der Waals surface area contributed by atoms with E-state index in [0.717, 1.165) is 0 Å². The predicted octanol–water partition coefficient (Wildman–Crippen LogP) is 1.36. The van der Waals surface area contributed by atoms with Crippen LogP contribution in [0, 0.1) is 0 Å². The topological polar surface area (TPSA) is 60.5 Å². The second kappa shape index (κ2) is 6.86. The van der Waals surface area contributed by atoms with Gasteiger partial charge in [-0.2, -0.15) is 0 Å². The first kappa shape index (κ1) is 14.3. The number of rotatable bonds is 7. The summed E-state index contributed by atoms with van der Waals surface area (Å²) in [4.78, 5) is 14.1. The van der Waals surface area contributed by atoms with E-state index in [0.29, 0.717) is 37.6 Å². The fourth-order valence-corrected chi connectivity index (χ4v) is 1.77. The van der Waals surface area contributed by atoms with Gasteiger partial charge in [0.25, 0.3) is 5.91 Å². The summed E-state index contributed by atoms with van der Waals surface area (Å²) in [6.45, 7) is 7.89. The lowest BCUT2D eigenvalue weighted by atomic mass is 10.3. The SMILES string of the molecule is C=CCN(CCOC)C(=O)c1cc(N)cn1CC. The number of methoxy groups -OCH3 is 1. The minimum Gasteiger partial charge on any atom is -0.397 e. The average molecular weight is 251 g/mol. The molecule has 5 heteroatoms. The van der Waals surface area contributed by atoms with Crippen LogP contribution in [0.3, 0.4) is 0 Å². The first-order valence-corrected chi connectivity index (χ1v) is 5.98. The third-order valence-electron chi connectivity index (χ3n) is 2.68. The maximum Gasteiger partial charge on any atom is 0.270 e. The van der Waals surface area contributed by atoms with Gasteiger partial charge < -0.3 is 19.9 Å². The van der Waals surface area contributed by atoms with Gasteiger partial charge >= 0.3 is 0 Å². The monoisotopic (exact) mass is 251 g/mol. The number of carbonyl (C=O) groups excluding carboxylic acids is 1. The van der Waals surface area contributed by atoms with Crippen LogP contribution >= 0.6 is 0 Å². The maximum absolute atomic E-state index is 12.4. The molecule has 100 valence electrons. The van der Waals surface area contributed by atoms with Gasteiger partial charge in [0.05, 0.1) is 12.3 Å². The van der Waals surface area contributed by atoms with Gasteiger partial charge in [0, 0.05) is 32.9 Å². The van der Waals surface area contributed by atoms with Gasteiger partial charge in [-0.1, -0.05) is 6.08 Å². The van der Waals surface area contributed by atoms with E-state index in [-0.39, 0.29) is 5.91 Å². The van der Waals surface area contributed by atoms with Crippen molar-refractivity contribution in [2.75, 3.05) is 32.5 Å². The minimum atomic E-state index is -0.0505. The summed E-state index contributed by atoms with van der Waals surface area (Å²) >= 11 is 0. The zero-order valence-electron chi connectivity index (χ0n) is 11.1. The highest BCUT2D eigenvalue weighted by molar-refractivity contribution is 5.94. The third kappa shape index (κ3) is 3.37. The van der Waals surface area contributed by atoms with Gasteiger partial charge in [-0.15, -0.1) is 6.58 Å². The molecule has 1 rings (SSSR count). The Hall–Kier alpha value is -1.75. The zero-order chi connectivity index (χ0) is 13.5. The van der Waals surface area contributed by atoms with Crippen molar-refractivity contribution in [2.24, 2.45) is 0 Å². The number of anilines is 1. The number of nitrogens with two attached hydrogens (primary N) is 1. The number of aryl methyl sites for hydroxylation is 1. The third-order valence-corrected chi connectivity index (χ3v) is 2.68. The van der Waals surface area contributed by atoms with Crippen LogP contribution in [0.1, 0.15) is 17.4 Å². The van der Waals surface area contributed by atoms with Crippen LogP contribution < -0.4 is 5.73 Å². The smallest absolute Gasteiger partial charge is 0.270 e. The molecule has 0 aliphatic rings. The molecule has 1 amide bonds. The van der Waals surface area contributed by atoms with Crippen molar-refractivity contribution < 1.29 is 9.53 Å². The number of amides is 1. The molecule has 0 saturated carbocycles. The Morgan fingerprint density at radius 2 is 2.39 bits per heavy atom. The molecule has 1 heterocycles. The molecule has 1 aromatic heterocycles. The summed E-state index contributed by atoms with van der Waals surface area (Å²) < 4.78 is 6.85.